The van der Waals surface area contributed by atoms with Crippen LogP contribution in [0.4, 0.5) is 8.78 Å². The number of halogens is 2. The predicted octanol–water partition coefficient (Wildman–Crippen LogP) is 12.9. The molecule has 0 N–H and O–H groups in total. The van der Waals surface area contributed by atoms with E-state index in [9.17, 15) is 4.39 Å². The number of aryl methyl sites for hydroxylation is 3. The number of hydrogen-bond donors (Lipinski definition) is 0. The Kier molecular flexibility index (Phi) is 10.5. The summed E-state index contributed by atoms with van der Waals surface area (Å²) in [5.74, 6) is 5.58. The molecule has 0 amide bonds. The molecule has 2 heteroatoms. The van der Waals surface area contributed by atoms with Gasteiger partial charge in [-0.05, 0) is 124 Å². The molecule has 240 valence electrons. The van der Waals surface area contributed by atoms with Crippen LogP contribution in [0.1, 0.15) is 73.8 Å². The van der Waals surface area contributed by atoms with Crippen molar-refractivity contribution in [3.05, 3.63) is 155 Å². The predicted molar refractivity (Wildman–Crippen MR) is 199 cm³/mol. The zero-order valence-corrected chi connectivity index (χ0v) is 28.2. The highest BCUT2D eigenvalue weighted by molar-refractivity contribution is 5.88. The van der Waals surface area contributed by atoms with Crippen molar-refractivity contribution >= 4 is 10.8 Å². The lowest BCUT2D eigenvalue weighted by atomic mass is 9.95. The zero-order valence-electron chi connectivity index (χ0n) is 28.2. The number of unbranched alkanes of at least 4 members (excludes halogenated alkanes) is 3. The van der Waals surface area contributed by atoms with Gasteiger partial charge >= 0.3 is 0 Å². The van der Waals surface area contributed by atoms with Gasteiger partial charge in [0.2, 0.25) is 0 Å². The molecule has 0 unspecified atom stereocenters. The highest BCUT2D eigenvalue weighted by atomic mass is 19.1. The van der Waals surface area contributed by atoms with E-state index in [1.165, 1.54) is 41.2 Å². The van der Waals surface area contributed by atoms with E-state index in [1.807, 2.05) is 49.4 Å². The van der Waals surface area contributed by atoms with Crippen LogP contribution in [0.25, 0.3) is 44.2 Å². The van der Waals surface area contributed by atoms with Gasteiger partial charge in [-0.1, -0.05) is 124 Å². The Hall–Kier alpha value is -5.00. The van der Waals surface area contributed by atoms with Gasteiger partial charge in [-0.15, -0.1) is 0 Å². The molecule has 6 aromatic rings. The highest BCUT2D eigenvalue weighted by Gasteiger charge is 2.10. The van der Waals surface area contributed by atoms with E-state index >= 15 is 4.39 Å². The maximum atomic E-state index is 15.4. The molecule has 6 rings (SSSR count). The Labute approximate surface area is 284 Å². The number of fused-ring (bicyclic) bond motifs is 1. The standard InChI is InChI=1S/C46H42F2/c1-4-6-8-10-34-13-18-41-30-40(24-23-39(41)28-34)36-19-21-37(22-20-36)42-27-32(3)43(46(48)31-42)25-14-33-11-16-38(17-12-33)44-26-15-35(9-7-5-2)29-45(44)47/h11-13,15-24,26-31H,4-10H2,1-3H3. The molecule has 0 fully saturated rings. The second-order valence-corrected chi connectivity index (χ2v) is 12.8. The molecule has 0 aliphatic heterocycles. The maximum Gasteiger partial charge on any atom is 0.139 e. The molecule has 0 atom stereocenters. The lowest BCUT2D eigenvalue weighted by Gasteiger charge is -2.09. The molecular formula is C46H42F2. The first-order chi connectivity index (χ1) is 23.4. The zero-order chi connectivity index (χ0) is 33.5. The first kappa shape index (κ1) is 32.9. The van der Waals surface area contributed by atoms with Gasteiger partial charge in [-0.3, -0.25) is 0 Å². The highest BCUT2D eigenvalue weighted by Crippen LogP contribution is 2.30. The molecule has 0 aromatic heterocycles. The summed E-state index contributed by atoms with van der Waals surface area (Å²) in [7, 11) is 0. The molecule has 0 aliphatic carbocycles. The van der Waals surface area contributed by atoms with Crippen molar-refractivity contribution in [2.75, 3.05) is 0 Å². The second-order valence-electron chi connectivity index (χ2n) is 12.8. The Morgan fingerprint density at radius 2 is 1.08 bits per heavy atom. The average Bonchev–Trinajstić information content (AvgIpc) is 3.10. The van der Waals surface area contributed by atoms with Gasteiger partial charge in [0.1, 0.15) is 11.6 Å². The third-order valence-corrected chi connectivity index (χ3v) is 9.19. The summed E-state index contributed by atoms with van der Waals surface area (Å²) in [5, 5.41) is 2.51. The molecule has 0 radical (unpaired) electrons. The van der Waals surface area contributed by atoms with Crippen LogP contribution in [-0.4, -0.2) is 0 Å². The van der Waals surface area contributed by atoms with Gasteiger partial charge in [0.25, 0.3) is 0 Å². The van der Waals surface area contributed by atoms with E-state index in [4.69, 9.17) is 0 Å². The summed E-state index contributed by atoms with van der Waals surface area (Å²) in [5.41, 5.74) is 9.79. The van der Waals surface area contributed by atoms with Crippen LogP contribution in [0.3, 0.4) is 0 Å². The molecular weight excluding hydrogens is 591 g/mol. The Bertz CT molecular complexity index is 2070. The topological polar surface area (TPSA) is 0 Å². The summed E-state index contributed by atoms with van der Waals surface area (Å²) < 4.78 is 30.2. The van der Waals surface area contributed by atoms with E-state index in [1.54, 1.807) is 12.1 Å². The Balaban J connectivity index is 1.15. The minimum absolute atomic E-state index is 0.213. The van der Waals surface area contributed by atoms with Crippen LogP contribution in [0.15, 0.2) is 115 Å². The molecule has 0 spiro atoms. The minimum atomic E-state index is -0.341. The van der Waals surface area contributed by atoms with Crippen molar-refractivity contribution in [2.24, 2.45) is 0 Å². The number of benzene rings is 6. The van der Waals surface area contributed by atoms with Gasteiger partial charge < -0.3 is 0 Å². The van der Waals surface area contributed by atoms with Gasteiger partial charge in [0.05, 0.1) is 5.56 Å². The fraction of sp³-hybridized carbons (Fsp3) is 0.217. The number of hydrogen-bond acceptors (Lipinski definition) is 0. The van der Waals surface area contributed by atoms with Gasteiger partial charge in [-0.25, -0.2) is 8.78 Å². The van der Waals surface area contributed by atoms with Crippen molar-refractivity contribution in [1.82, 2.24) is 0 Å². The minimum Gasteiger partial charge on any atom is -0.206 e. The fourth-order valence-corrected chi connectivity index (χ4v) is 6.33. The van der Waals surface area contributed by atoms with Crippen LogP contribution in [0, 0.1) is 30.4 Å². The van der Waals surface area contributed by atoms with E-state index < -0.39 is 0 Å². The third kappa shape index (κ3) is 7.75. The van der Waals surface area contributed by atoms with E-state index in [0.29, 0.717) is 11.1 Å². The normalized spacial score (nSPS) is 11.0. The molecule has 0 saturated carbocycles. The summed E-state index contributed by atoms with van der Waals surface area (Å²) >= 11 is 0. The van der Waals surface area contributed by atoms with Gasteiger partial charge in [0.15, 0.2) is 0 Å². The van der Waals surface area contributed by atoms with Gasteiger partial charge in [-0.2, -0.15) is 0 Å². The quantitative estimate of drug-likeness (QED) is 0.104. The largest absolute Gasteiger partial charge is 0.206 e. The van der Waals surface area contributed by atoms with Crippen LogP contribution < -0.4 is 0 Å². The molecule has 0 heterocycles. The first-order valence-electron chi connectivity index (χ1n) is 17.3. The SMILES string of the molecule is CCCCCc1ccc2cc(-c3ccc(-c4cc(C)c(C#Cc5ccc(-c6ccc(CCCC)cc6F)cc5)c(F)c4)cc3)ccc2c1. The van der Waals surface area contributed by atoms with Crippen molar-refractivity contribution in [3.63, 3.8) is 0 Å². The molecule has 0 bridgehead atoms. The van der Waals surface area contributed by atoms with E-state index in [0.717, 1.165) is 64.6 Å². The van der Waals surface area contributed by atoms with Crippen LogP contribution >= 0.6 is 0 Å². The number of rotatable bonds is 10. The van der Waals surface area contributed by atoms with E-state index in [-0.39, 0.29) is 11.6 Å². The van der Waals surface area contributed by atoms with Crippen molar-refractivity contribution < 1.29 is 8.78 Å². The molecule has 0 saturated heterocycles. The van der Waals surface area contributed by atoms with Crippen molar-refractivity contribution in [2.45, 2.75) is 65.7 Å². The van der Waals surface area contributed by atoms with Crippen molar-refractivity contribution in [1.29, 1.82) is 0 Å². The molecule has 0 nitrogen and oxygen atoms in total. The molecule has 0 aliphatic rings. The Morgan fingerprint density at radius 3 is 1.79 bits per heavy atom. The summed E-state index contributed by atoms with van der Waals surface area (Å²) in [4.78, 5) is 0. The molecule has 6 aromatic carbocycles. The maximum absolute atomic E-state index is 15.4. The summed E-state index contributed by atoms with van der Waals surface area (Å²) in [6.45, 7) is 6.27. The van der Waals surface area contributed by atoms with Gasteiger partial charge in [0, 0.05) is 11.1 Å². The summed E-state index contributed by atoms with van der Waals surface area (Å²) in [6.07, 6.45) is 7.90. The lowest BCUT2D eigenvalue weighted by molar-refractivity contribution is 0.623. The third-order valence-electron chi connectivity index (χ3n) is 9.19. The fourth-order valence-electron chi connectivity index (χ4n) is 6.33. The summed E-state index contributed by atoms with van der Waals surface area (Å²) in [6, 6.07) is 38.3. The van der Waals surface area contributed by atoms with Crippen LogP contribution in [0.5, 0.6) is 0 Å². The van der Waals surface area contributed by atoms with E-state index in [2.05, 4.69) is 86.4 Å². The smallest absolute Gasteiger partial charge is 0.139 e. The lowest BCUT2D eigenvalue weighted by Crippen LogP contribution is -1.92. The Morgan fingerprint density at radius 1 is 0.479 bits per heavy atom. The first-order valence-corrected chi connectivity index (χ1v) is 17.3. The second kappa shape index (κ2) is 15.3. The van der Waals surface area contributed by atoms with Crippen molar-refractivity contribution in [3.8, 4) is 45.2 Å². The monoisotopic (exact) mass is 632 g/mol. The van der Waals surface area contributed by atoms with Crippen LogP contribution in [0.2, 0.25) is 0 Å². The molecule has 48 heavy (non-hydrogen) atoms. The van der Waals surface area contributed by atoms with Crippen LogP contribution in [-0.2, 0) is 12.8 Å². The average molecular weight is 633 g/mol.